The Labute approximate surface area is 63.4 Å². The SMILES string of the molecule is [2H]c1nc(NF)c2[nH]c([2H])nc2n1. The number of nitrogens with zero attached hydrogens (tertiary/aromatic N) is 3. The number of hydrogen-bond donors (Lipinski definition) is 2. The summed E-state index contributed by atoms with van der Waals surface area (Å²) in [5.41, 5.74) is 1.58. The summed E-state index contributed by atoms with van der Waals surface area (Å²) >= 11 is 0. The first-order chi connectivity index (χ1) is 6.20. The Bertz CT molecular complexity index is 455. The smallest absolute Gasteiger partial charge is 0.183 e. The lowest BCUT2D eigenvalue weighted by molar-refractivity contribution is 0.613. The third-order valence-electron chi connectivity index (χ3n) is 1.21. The predicted octanol–water partition coefficient (Wildman–Crippen LogP) is 0.649. The molecule has 6 heteroatoms. The van der Waals surface area contributed by atoms with E-state index in [0.29, 0.717) is 0 Å². The second-order valence-electron chi connectivity index (χ2n) is 1.81. The first-order valence-corrected chi connectivity index (χ1v) is 2.78. The number of aromatic amines is 1. The predicted molar refractivity (Wildman–Crippen MR) is 36.4 cm³/mol. The zero-order valence-electron chi connectivity index (χ0n) is 7.22. The number of hydrogen-bond acceptors (Lipinski definition) is 4. The van der Waals surface area contributed by atoms with Crippen molar-refractivity contribution in [1.82, 2.24) is 19.9 Å². The van der Waals surface area contributed by atoms with E-state index in [1.165, 1.54) is 5.54 Å². The number of aromatic nitrogens is 4. The minimum absolute atomic E-state index is 0.102. The zero-order valence-corrected chi connectivity index (χ0v) is 5.22. The van der Waals surface area contributed by atoms with Crippen LogP contribution in [-0.4, -0.2) is 19.9 Å². The highest BCUT2D eigenvalue weighted by molar-refractivity contribution is 5.81. The second kappa shape index (κ2) is 2.15. The van der Waals surface area contributed by atoms with E-state index in [1.54, 1.807) is 0 Å². The summed E-state index contributed by atoms with van der Waals surface area (Å²) in [7, 11) is 0. The second-order valence-corrected chi connectivity index (χ2v) is 1.81. The Hall–Kier alpha value is -1.72. The average Bonchev–Trinajstić information content (AvgIpc) is 2.43. The van der Waals surface area contributed by atoms with Gasteiger partial charge in [0.05, 0.1) is 6.30 Å². The largest absolute Gasteiger partial charge is 0.340 e. The Morgan fingerprint density at radius 1 is 1.55 bits per heavy atom. The number of fused-ring (bicyclic) bond motifs is 1. The van der Waals surface area contributed by atoms with Crippen molar-refractivity contribution in [2.45, 2.75) is 0 Å². The summed E-state index contributed by atoms with van der Waals surface area (Å²) in [6.07, 6.45) is -0.495. The highest BCUT2D eigenvalue weighted by Gasteiger charge is 2.03. The molecule has 0 aliphatic heterocycles. The van der Waals surface area contributed by atoms with Crippen molar-refractivity contribution in [3.8, 4) is 0 Å². The quantitative estimate of drug-likeness (QED) is 0.593. The maximum absolute atomic E-state index is 12.1. The van der Waals surface area contributed by atoms with Gasteiger partial charge in [-0.25, -0.2) is 20.5 Å². The van der Waals surface area contributed by atoms with Crippen molar-refractivity contribution in [2.24, 2.45) is 0 Å². The van der Waals surface area contributed by atoms with E-state index in [1.807, 2.05) is 0 Å². The monoisotopic (exact) mass is 155 g/mol. The molecule has 0 aliphatic rings. The first kappa shape index (κ1) is 4.22. The molecule has 2 aromatic heterocycles. The van der Waals surface area contributed by atoms with Crippen LogP contribution in [0.2, 0.25) is 0 Å². The van der Waals surface area contributed by atoms with E-state index in [2.05, 4.69) is 19.9 Å². The number of imidazole rings is 1. The van der Waals surface area contributed by atoms with Gasteiger partial charge in [-0.15, -0.1) is 4.48 Å². The first-order valence-electron chi connectivity index (χ1n) is 3.78. The van der Waals surface area contributed by atoms with Crippen molar-refractivity contribution >= 4 is 17.0 Å². The topological polar surface area (TPSA) is 66.5 Å². The number of anilines is 1. The molecule has 2 heterocycles. The van der Waals surface area contributed by atoms with Gasteiger partial charge < -0.3 is 4.98 Å². The van der Waals surface area contributed by atoms with Crippen LogP contribution in [0.5, 0.6) is 0 Å². The Balaban J connectivity index is 2.80. The standard InChI is InChI=1S/C5H4FN5/c6-11-5-3-4(8-1-7-3)9-2-10-5/h1-2H,(H2,7,8,9,10,11)/i1D,2D. The molecule has 0 aromatic carbocycles. The zero-order chi connectivity index (χ0) is 9.42. The summed E-state index contributed by atoms with van der Waals surface area (Å²) in [6, 6.07) is 0. The molecule has 0 aliphatic carbocycles. The van der Waals surface area contributed by atoms with Crippen molar-refractivity contribution in [3.05, 3.63) is 12.6 Å². The fourth-order valence-corrected chi connectivity index (χ4v) is 0.741. The van der Waals surface area contributed by atoms with Gasteiger partial charge in [0.25, 0.3) is 0 Å². The molecule has 0 unspecified atom stereocenters. The van der Waals surface area contributed by atoms with Crippen molar-refractivity contribution in [1.29, 1.82) is 0 Å². The van der Waals surface area contributed by atoms with Crippen LogP contribution in [0.1, 0.15) is 2.74 Å². The molecular formula is C5H4FN5. The lowest BCUT2D eigenvalue weighted by Crippen LogP contribution is -1.89. The Morgan fingerprint density at radius 3 is 3.27 bits per heavy atom. The Morgan fingerprint density at radius 2 is 2.45 bits per heavy atom. The van der Waals surface area contributed by atoms with E-state index in [4.69, 9.17) is 2.74 Å². The van der Waals surface area contributed by atoms with Gasteiger partial charge in [0.15, 0.2) is 11.5 Å². The van der Waals surface area contributed by atoms with Crippen LogP contribution in [0, 0.1) is 0 Å². The van der Waals surface area contributed by atoms with Crippen molar-refractivity contribution in [3.63, 3.8) is 0 Å². The van der Waals surface area contributed by atoms with Gasteiger partial charge in [0, 0.05) is 0 Å². The molecule has 0 spiro atoms. The van der Waals surface area contributed by atoms with E-state index in [-0.39, 0.29) is 29.6 Å². The van der Waals surface area contributed by atoms with Crippen LogP contribution in [0.25, 0.3) is 11.2 Å². The fourth-order valence-electron chi connectivity index (χ4n) is 0.741. The number of rotatable bonds is 1. The summed E-state index contributed by atoms with van der Waals surface area (Å²) in [5, 5.41) is 0. The van der Waals surface area contributed by atoms with Crippen LogP contribution >= 0.6 is 0 Å². The lowest BCUT2D eigenvalue weighted by Gasteiger charge is -1.93. The normalized spacial score (nSPS) is 12.8. The molecule has 0 fully saturated rings. The van der Waals surface area contributed by atoms with Gasteiger partial charge in [-0.2, -0.15) is 0 Å². The molecule has 0 bridgehead atoms. The van der Waals surface area contributed by atoms with Gasteiger partial charge in [-0.1, -0.05) is 0 Å². The fraction of sp³-hybridized carbons (Fsp3) is 0. The maximum Gasteiger partial charge on any atom is 0.183 e. The minimum atomic E-state index is -0.348. The van der Waals surface area contributed by atoms with Gasteiger partial charge in [-0.3, -0.25) is 0 Å². The lowest BCUT2D eigenvalue weighted by atomic mass is 10.5. The average molecular weight is 155 g/mol. The molecule has 2 aromatic rings. The summed E-state index contributed by atoms with van der Waals surface area (Å²) < 4.78 is 26.3. The molecule has 0 saturated heterocycles. The molecule has 0 saturated carbocycles. The minimum Gasteiger partial charge on any atom is -0.340 e. The van der Waals surface area contributed by atoms with E-state index < -0.39 is 0 Å². The van der Waals surface area contributed by atoms with Crippen molar-refractivity contribution in [2.75, 3.05) is 5.54 Å². The van der Waals surface area contributed by atoms with Crippen LogP contribution < -0.4 is 5.54 Å². The number of halogens is 1. The highest BCUT2D eigenvalue weighted by Crippen LogP contribution is 2.13. The van der Waals surface area contributed by atoms with Gasteiger partial charge in [-0.05, 0) is 0 Å². The summed E-state index contributed by atoms with van der Waals surface area (Å²) in [6.45, 7) is 0. The van der Waals surface area contributed by atoms with E-state index in [9.17, 15) is 4.48 Å². The van der Waals surface area contributed by atoms with Crippen LogP contribution in [-0.2, 0) is 0 Å². The van der Waals surface area contributed by atoms with Gasteiger partial charge in [0.2, 0.25) is 0 Å². The molecule has 5 nitrogen and oxygen atoms in total. The molecule has 11 heavy (non-hydrogen) atoms. The number of H-pyrrole nitrogens is 1. The third kappa shape index (κ3) is 0.794. The molecule has 56 valence electrons. The molecule has 2 rings (SSSR count). The van der Waals surface area contributed by atoms with E-state index >= 15 is 0 Å². The van der Waals surface area contributed by atoms with Crippen LogP contribution in [0.4, 0.5) is 10.3 Å². The highest BCUT2D eigenvalue weighted by atomic mass is 19.2. The molecule has 2 N–H and O–H groups in total. The Kier molecular flexibility index (Phi) is 0.825. The van der Waals surface area contributed by atoms with Crippen molar-refractivity contribution < 1.29 is 7.22 Å². The maximum atomic E-state index is 12.1. The van der Waals surface area contributed by atoms with Gasteiger partial charge in [0.1, 0.15) is 14.6 Å². The molecule has 0 radical (unpaired) electrons. The number of nitrogens with one attached hydrogen (secondary N) is 2. The molecular weight excluding hydrogens is 149 g/mol. The third-order valence-corrected chi connectivity index (χ3v) is 1.21. The van der Waals surface area contributed by atoms with E-state index in [0.717, 1.165) is 0 Å². The summed E-state index contributed by atoms with van der Waals surface area (Å²) in [5.74, 6) is -0.180. The van der Waals surface area contributed by atoms with Gasteiger partial charge >= 0.3 is 0 Å². The van der Waals surface area contributed by atoms with Crippen LogP contribution in [0.3, 0.4) is 0 Å². The van der Waals surface area contributed by atoms with Crippen LogP contribution in [0.15, 0.2) is 12.6 Å². The molecule has 0 amide bonds. The molecule has 0 atom stereocenters. The summed E-state index contributed by atoms with van der Waals surface area (Å²) in [4.78, 5) is 13.1.